The zero-order valence-corrected chi connectivity index (χ0v) is 13.1. The van der Waals surface area contributed by atoms with E-state index in [1.807, 2.05) is 24.4 Å². The van der Waals surface area contributed by atoms with Gasteiger partial charge in [0.1, 0.15) is 0 Å². The smallest absolute Gasteiger partial charge is 0.317 e. The second-order valence-electron chi connectivity index (χ2n) is 5.73. The molecule has 0 aliphatic carbocycles. The van der Waals surface area contributed by atoms with Crippen LogP contribution in [-0.4, -0.2) is 46.8 Å². The molecule has 118 valence electrons. The number of aliphatic hydroxyl groups excluding tert-OH is 1. The number of nitrogens with zero attached hydrogens (tertiary/aromatic N) is 1. The predicted molar refractivity (Wildman–Crippen MR) is 87.2 cm³/mol. The number of benzene rings is 1. The summed E-state index contributed by atoms with van der Waals surface area (Å²) in [6.07, 6.45) is 3.94. The molecule has 2 heterocycles. The second kappa shape index (κ2) is 6.58. The molecule has 0 saturated carbocycles. The van der Waals surface area contributed by atoms with Crippen LogP contribution in [0.5, 0.6) is 0 Å². The minimum atomic E-state index is -0.393. The lowest BCUT2D eigenvalue weighted by Crippen LogP contribution is -2.47. The Bertz CT molecular complexity index is 670. The maximum absolute atomic E-state index is 12.1. The molecule has 1 aliphatic heterocycles. The quantitative estimate of drug-likeness (QED) is 0.813. The molecule has 3 N–H and O–H groups in total. The highest BCUT2D eigenvalue weighted by Gasteiger charge is 2.21. The van der Waals surface area contributed by atoms with Crippen molar-refractivity contribution >= 4 is 28.5 Å². The summed E-state index contributed by atoms with van der Waals surface area (Å²) in [7, 11) is 0. The van der Waals surface area contributed by atoms with Crippen molar-refractivity contribution in [1.82, 2.24) is 15.2 Å². The summed E-state index contributed by atoms with van der Waals surface area (Å²) in [5.74, 6) is 0. The maximum atomic E-state index is 12.1. The molecule has 1 aromatic carbocycles. The lowest BCUT2D eigenvalue weighted by molar-refractivity contribution is 0.0843. The first-order chi connectivity index (χ1) is 10.6. The first-order valence-electron chi connectivity index (χ1n) is 7.60. The van der Waals surface area contributed by atoms with Gasteiger partial charge in [0.2, 0.25) is 0 Å². The first kappa shape index (κ1) is 15.2. The lowest BCUT2D eigenvalue weighted by Gasteiger charge is -2.30. The summed E-state index contributed by atoms with van der Waals surface area (Å²) in [5.41, 5.74) is 2.18. The number of H-pyrrole nitrogens is 1. The summed E-state index contributed by atoms with van der Waals surface area (Å²) in [6.45, 7) is 1.70. The van der Waals surface area contributed by atoms with Crippen molar-refractivity contribution in [2.45, 2.75) is 25.4 Å². The molecule has 1 fully saturated rings. The number of nitrogens with one attached hydrogen (secondary N) is 2. The molecule has 3 rings (SSSR count). The molecule has 0 spiro atoms. The minimum absolute atomic E-state index is 0.100. The van der Waals surface area contributed by atoms with Crippen molar-refractivity contribution in [1.29, 1.82) is 0 Å². The van der Waals surface area contributed by atoms with Crippen molar-refractivity contribution in [3.05, 3.63) is 35.0 Å². The van der Waals surface area contributed by atoms with Crippen LogP contribution in [0.3, 0.4) is 0 Å². The van der Waals surface area contributed by atoms with Crippen LogP contribution in [0.15, 0.2) is 24.4 Å². The molecular formula is C16H20ClN3O2. The Hall–Kier alpha value is -1.72. The van der Waals surface area contributed by atoms with E-state index in [4.69, 9.17) is 11.6 Å². The molecule has 1 atom stereocenters. The Morgan fingerprint density at radius 2 is 2.36 bits per heavy atom. The van der Waals surface area contributed by atoms with Crippen LogP contribution < -0.4 is 5.32 Å². The van der Waals surface area contributed by atoms with Crippen molar-refractivity contribution in [2.75, 3.05) is 19.6 Å². The van der Waals surface area contributed by atoms with E-state index < -0.39 is 6.10 Å². The molecule has 1 saturated heterocycles. The second-order valence-corrected chi connectivity index (χ2v) is 6.16. The van der Waals surface area contributed by atoms with Crippen LogP contribution in [0.1, 0.15) is 18.4 Å². The Balaban J connectivity index is 1.55. The van der Waals surface area contributed by atoms with E-state index in [9.17, 15) is 9.90 Å². The van der Waals surface area contributed by atoms with Gasteiger partial charge in [-0.2, -0.15) is 0 Å². The van der Waals surface area contributed by atoms with Gasteiger partial charge in [0.15, 0.2) is 0 Å². The SMILES string of the molecule is O=C(NCCc1c[nH]c2ccc(Cl)cc12)N1CCCC(O)C1. The predicted octanol–water partition coefficient (Wildman–Crippen LogP) is 2.53. The molecule has 1 aromatic heterocycles. The molecule has 2 amide bonds. The number of carbonyl (C=O) groups excluding carboxylic acids is 1. The highest BCUT2D eigenvalue weighted by atomic mass is 35.5. The number of amides is 2. The molecule has 1 unspecified atom stereocenters. The molecule has 2 aromatic rings. The minimum Gasteiger partial charge on any atom is -0.391 e. The number of β-amino-alcohol motifs (C(OH)–C–C–N with tert-alkyl or cyclic N) is 1. The number of fused-ring (bicyclic) bond motifs is 1. The summed E-state index contributed by atoms with van der Waals surface area (Å²) in [6, 6.07) is 5.64. The van der Waals surface area contributed by atoms with E-state index in [-0.39, 0.29) is 6.03 Å². The van der Waals surface area contributed by atoms with E-state index in [1.165, 1.54) is 0 Å². The van der Waals surface area contributed by atoms with E-state index in [1.54, 1.807) is 4.90 Å². The van der Waals surface area contributed by atoms with Gasteiger partial charge in [0.05, 0.1) is 6.10 Å². The molecule has 1 aliphatic rings. The van der Waals surface area contributed by atoms with Gasteiger partial charge in [0, 0.05) is 41.8 Å². The Labute approximate surface area is 134 Å². The van der Waals surface area contributed by atoms with Crippen LogP contribution in [0, 0.1) is 0 Å². The number of hydrogen-bond donors (Lipinski definition) is 3. The third-order valence-electron chi connectivity index (χ3n) is 4.08. The van der Waals surface area contributed by atoms with E-state index in [2.05, 4.69) is 10.3 Å². The standard InChI is InChI=1S/C16H20ClN3O2/c17-12-3-4-15-14(8-12)11(9-19-15)5-6-18-16(22)20-7-1-2-13(21)10-20/h3-4,8-9,13,19,21H,1-2,5-7,10H2,(H,18,22). The van der Waals surface area contributed by atoms with Gasteiger partial charge in [-0.15, -0.1) is 0 Å². The van der Waals surface area contributed by atoms with Gasteiger partial charge < -0.3 is 20.3 Å². The monoisotopic (exact) mass is 321 g/mol. The van der Waals surface area contributed by atoms with Crippen LogP contribution >= 0.6 is 11.6 Å². The van der Waals surface area contributed by atoms with Crippen molar-refractivity contribution in [2.24, 2.45) is 0 Å². The zero-order chi connectivity index (χ0) is 15.5. The number of rotatable bonds is 3. The zero-order valence-electron chi connectivity index (χ0n) is 12.3. The van der Waals surface area contributed by atoms with E-state index in [0.717, 1.165) is 35.7 Å². The molecule has 5 nitrogen and oxygen atoms in total. The number of aromatic amines is 1. The van der Waals surface area contributed by atoms with Crippen LogP contribution in [-0.2, 0) is 6.42 Å². The largest absolute Gasteiger partial charge is 0.391 e. The fraction of sp³-hybridized carbons (Fsp3) is 0.438. The number of likely N-dealkylation sites (tertiary alicyclic amines) is 1. The Kier molecular flexibility index (Phi) is 4.55. The summed E-state index contributed by atoms with van der Waals surface area (Å²) >= 11 is 6.03. The third kappa shape index (κ3) is 3.36. The number of carbonyl (C=O) groups is 1. The third-order valence-corrected chi connectivity index (χ3v) is 4.32. The van der Waals surface area contributed by atoms with Crippen molar-refractivity contribution in [3.8, 4) is 0 Å². The van der Waals surface area contributed by atoms with Gasteiger partial charge in [0.25, 0.3) is 0 Å². The molecule has 0 bridgehead atoms. The summed E-state index contributed by atoms with van der Waals surface area (Å²) < 4.78 is 0. The fourth-order valence-electron chi connectivity index (χ4n) is 2.91. The number of halogens is 1. The van der Waals surface area contributed by atoms with E-state index in [0.29, 0.717) is 24.7 Å². The highest BCUT2D eigenvalue weighted by Crippen LogP contribution is 2.22. The fourth-order valence-corrected chi connectivity index (χ4v) is 3.08. The normalized spacial score (nSPS) is 18.6. The van der Waals surface area contributed by atoms with Crippen LogP contribution in [0.25, 0.3) is 10.9 Å². The Morgan fingerprint density at radius 1 is 1.50 bits per heavy atom. The van der Waals surface area contributed by atoms with Crippen LogP contribution in [0.4, 0.5) is 4.79 Å². The average Bonchev–Trinajstić information content (AvgIpc) is 2.89. The lowest BCUT2D eigenvalue weighted by atomic mass is 10.1. The number of hydrogen-bond acceptors (Lipinski definition) is 2. The van der Waals surface area contributed by atoms with Gasteiger partial charge in [-0.1, -0.05) is 11.6 Å². The van der Waals surface area contributed by atoms with E-state index >= 15 is 0 Å². The average molecular weight is 322 g/mol. The number of urea groups is 1. The number of aromatic nitrogens is 1. The van der Waals surface area contributed by atoms with Gasteiger partial charge in [-0.05, 0) is 43.0 Å². The topological polar surface area (TPSA) is 68.4 Å². The Morgan fingerprint density at radius 3 is 3.18 bits per heavy atom. The summed E-state index contributed by atoms with van der Waals surface area (Å²) in [5, 5.41) is 14.3. The van der Waals surface area contributed by atoms with Crippen molar-refractivity contribution in [3.63, 3.8) is 0 Å². The van der Waals surface area contributed by atoms with Crippen LogP contribution in [0.2, 0.25) is 5.02 Å². The molecule has 22 heavy (non-hydrogen) atoms. The molecular weight excluding hydrogens is 302 g/mol. The molecule has 6 heteroatoms. The first-order valence-corrected chi connectivity index (χ1v) is 7.97. The van der Waals surface area contributed by atoms with Crippen molar-refractivity contribution < 1.29 is 9.90 Å². The van der Waals surface area contributed by atoms with Gasteiger partial charge in [-0.25, -0.2) is 4.79 Å². The van der Waals surface area contributed by atoms with Gasteiger partial charge in [-0.3, -0.25) is 0 Å². The summed E-state index contributed by atoms with van der Waals surface area (Å²) in [4.78, 5) is 17.0. The number of piperidine rings is 1. The molecule has 0 radical (unpaired) electrons. The highest BCUT2D eigenvalue weighted by molar-refractivity contribution is 6.31. The maximum Gasteiger partial charge on any atom is 0.317 e. The van der Waals surface area contributed by atoms with Gasteiger partial charge >= 0.3 is 6.03 Å². The number of aliphatic hydroxyl groups is 1.